The summed E-state index contributed by atoms with van der Waals surface area (Å²) >= 11 is 16.4. The average Bonchev–Trinajstić information content (AvgIpc) is 2.74. The molecular formula is C17H13BrCl2FNO3. The zero-order valence-electron chi connectivity index (χ0n) is 12.8. The third-order valence-electron chi connectivity index (χ3n) is 4.73. The van der Waals surface area contributed by atoms with Crippen LogP contribution in [0.5, 0.6) is 5.75 Å². The Bertz CT molecular complexity index is 830. The number of carbonyl (C=O) groups excluding carboxylic acids is 2. The second-order valence-electron chi connectivity index (χ2n) is 5.93. The van der Waals surface area contributed by atoms with E-state index < -0.39 is 39.0 Å². The molecule has 4 nitrogen and oxygen atoms in total. The molecular weight excluding hydrogens is 436 g/mol. The Morgan fingerprint density at radius 3 is 2.64 bits per heavy atom. The van der Waals surface area contributed by atoms with Gasteiger partial charge in [-0.05, 0) is 29.7 Å². The SMILES string of the molecule is C=CC1=CCC2(Cl)C(=O)N(CBr)C(=O)C2(Cl)C1c1ccc(O)c(F)c1. The number of fused-ring (bicyclic) bond motifs is 1. The zero-order chi connectivity index (χ0) is 18.6. The molecule has 3 atom stereocenters. The molecule has 2 aliphatic rings. The van der Waals surface area contributed by atoms with Crippen molar-refractivity contribution in [1.82, 2.24) is 4.90 Å². The molecule has 1 heterocycles. The van der Waals surface area contributed by atoms with Crippen LogP contribution in [-0.2, 0) is 9.59 Å². The lowest BCUT2D eigenvalue weighted by molar-refractivity contribution is -0.138. The van der Waals surface area contributed by atoms with Crippen LogP contribution in [0.4, 0.5) is 4.39 Å². The first-order chi connectivity index (χ1) is 11.7. The Morgan fingerprint density at radius 1 is 1.40 bits per heavy atom. The van der Waals surface area contributed by atoms with Crippen molar-refractivity contribution in [2.75, 3.05) is 5.45 Å². The molecule has 1 aromatic rings. The molecule has 0 spiro atoms. The molecule has 0 bridgehead atoms. The first-order valence-corrected chi connectivity index (χ1v) is 9.21. The van der Waals surface area contributed by atoms with E-state index in [9.17, 15) is 19.1 Å². The van der Waals surface area contributed by atoms with Gasteiger partial charge in [0.05, 0.1) is 5.45 Å². The van der Waals surface area contributed by atoms with Gasteiger partial charge >= 0.3 is 0 Å². The fraction of sp³-hybridized carbons (Fsp3) is 0.294. The Kier molecular flexibility index (Phi) is 4.50. The van der Waals surface area contributed by atoms with E-state index in [-0.39, 0.29) is 11.9 Å². The highest BCUT2D eigenvalue weighted by Gasteiger charge is 2.72. The number of likely N-dealkylation sites (tertiary alicyclic amines) is 1. The molecule has 0 aromatic heterocycles. The molecule has 1 saturated heterocycles. The van der Waals surface area contributed by atoms with Gasteiger partial charge in [0.1, 0.15) is 0 Å². The van der Waals surface area contributed by atoms with Gasteiger partial charge in [-0.15, -0.1) is 23.2 Å². The minimum Gasteiger partial charge on any atom is -0.505 e. The monoisotopic (exact) mass is 447 g/mol. The number of nitrogens with zero attached hydrogens (tertiary/aromatic N) is 1. The first kappa shape index (κ1) is 18.4. The number of hydrogen-bond acceptors (Lipinski definition) is 3. The number of rotatable bonds is 3. The Hall–Kier alpha value is -1.37. The number of aromatic hydroxyl groups is 1. The summed E-state index contributed by atoms with van der Waals surface area (Å²) in [7, 11) is 0. The van der Waals surface area contributed by atoms with E-state index in [2.05, 4.69) is 22.5 Å². The molecule has 1 fully saturated rings. The van der Waals surface area contributed by atoms with Crippen molar-refractivity contribution >= 4 is 50.9 Å². The van der Waals surface area contributed by atoms with Crippen LogP contribution in [0.2, 0.25) is 0 Å². The highest BCUT2D eigenvalue weighted by atomic mass is 79.9. The predicted molar refractivity (Wildman–Crippen MR) is 96.5 cm³/mol. The number of imide groups is 1. The molecule has 25 heavy (non-hydrogen) atoms. The summed E-state index contributed by atoms with van der Waals surface area (Å²) in [6.45, 7) is 3.72. The maximum Gasteiger partial charge on any atom is 0.254 e. The van der Waals surface area contributed by atoms with Crippen molar-refractivity contribution in [2.45, 2.75) is 22.1 Å². The number of amides is 2. The number of halogens is 4. The van der Waals surface area contributed by atoms with Crippen molar-refractivity contribution in [1.29, 1.82) is 0 Å². The van der Waals surface area contributed by atoms with Crippen molar-refractivity contribution in [2.24, 2.45) is 0 Å². The van der Waals surface area contributed by atoms with E-state index >= 15 is 0 Å². The van der Waals surface area contributed by atoms with Crippen LogP contribution in [0.25, 0.3) is 0 Å². The third-order valence-corrected chi connectivity index (χ3v) is 6.64. The highest BCUT2D eigenvalue weighted by molar-refractivity contribution is 9.09. The summed E-state index contributed by atoms with van der Waals surface area (Å²) in [5.41, 5.74) is 0.834. The van der Waals surface area contributed by atoms with Crippen LogP contribution in [-0.4, -0.2) is 37.0 Å². The number of benzene rings is 1. The van der Waals surface area contributed by atoms with Gasteiger partial charge in [0, 0.05) is 5.92 Å². The third kappa shape index (κ3) is 2.31. The second-order valence-corrected chi connectivity index (χ2v) is 7.67. The topological polar surface area (TPSA) is 57.6 Å². The smallest absolute Gasteiger partial charge is 0.254 e. The van der Waals surface area contributed by atoms with E-state index in [0.29, 0.717) is 11.1 Å². The summed E-state index contributed by atoms with van der Waals surface area (Å²) in [5, 5.41) is 9.44. The van der Waals surface area contributed by atoms with Gasteiger partial charge in [-0.1, -0.05) is 40.7 Å². The Labute approximate surface area is 162 Å². The van der Waals surface area contributed by atoms with Gasteiger partial charge < -0.3 is 5.11 Å². The average molecular weight is 449 g/mol. The van der Waals surface area contributed by atoms with E-state index in [4.69, 9.17) is 23.2 Å². The molecule has 1 N–H and O–H groups in total. The van der Waals surface area contributed by atoms with Crippen molar-refractivity contribution in [3.63, 3.8) is 0 Å². The van der Waals surface area contributed by atoms with Gasteiger partial charge in [-0.3, -0.25) is 14.5 Å². The molecule has 132 valence electrons. The summed E-state index contributed by atoms with van der Waals surface area (Å²) in [6, 6.07) is 3.69. The second kappa shape index (κ2) is 6.11. The van der Waals surface area contributed by atoms with Crippen LogP contribution in [0.3, 0.4) is 0 Å². The number of phenolic OH excluding ortho intramolecular Hbond substituents is 1. The van der Waals surface area contributed by atoms with Gasteiger partial charge in [-0.2, -0.15) is 0 Å². The van der Waals surface area contributed by atoms with E-state index in [0.717, 1.165) is 11.0 Å². The normalized spacial score (nSPS) is 31.8. The molecule has 0 radical (unpaired) electrons. The molecule has 1 aliphatic heterocycles. The number of hydrogen-bond donors (Lipinski definition) is 1. The van der Waals surface area contributed by atoms with Crippen LogP contribution >= 0.6 is 39.1 Å². The Morgan fingerprint density at radius 2 is 2.08 bits per heavy atom. The minimum absolute atomic E-state index is 0.0462. The summed E-state index contributed by atoms with van der Waals surface area (Å²) in [5.74, 6) is -3.54. The van der Waals surface area contributed by atoms with Crippen molar-refractivity contribution < 1.29 is 19.1 Å². The van der Waals surface area contributed by atoms with Crippen LogP contribution in [0.1, 0.15) is 17.9 Å². The molecule has 1 aromatic carbocycles. The fourth-order valence-corrected chi connectivity index (χ4v) is 4.79. The van der Waals surface area contributed by atoms with E-state index in [1.165, 1.54) is 18.2 Å². The highest BCUT2D eigenvalue weighted by Crippen LogP contribution is 2.59. The van der Waals surface area contributed by atoms with E-state index in [1.807, 2.05) is 0 Å². The molecule has 2 amide bonds. The number of alkyl halides is 3. The number of carbonyl (C=O) groups is 2. The molecule has 8 heteroatoms. The first-order valence-electron chi connectivity index (χ1n) is 7.33. The Balaban J connectivity index is 2.27. The van der Waals surface area contributed by atoms with Crippen molar-refractivity contribution in [3.8, 4) is 5.75 Å². The lowest BCUT2D eigenvalue weighted by Gasteiger charge is -2.42. The number of phenols is 1. The predicted octanol–water partition coefficient (Wildman–Crippen LogP) is 3.81. The lowest BCUT2D eigenvalue weighted by atomic mass is 9.68. The van der Waals surface area contributed by atoms with Crippen LogP contribution < -0.4 is 0 Å². The molecule has 3 unspecified atom stereocenters. The zero-order valence-corrected chi connectivity index (χ0v) is 15.9. The van der Waals surface area contributed by atoms with Crippen LogP contribution in [0, 0.1) is 5.82 Å². The molecule has 1 aliphatic carbocycles. The summed E-state index contributed by atoms with van der Waals surface area (Å²) in [6.07, 6.45) is 3.23. The summed E-state index contributed by atoms with van der Waals surface area (Å²) in [4.78, 5) is 23.1. The maximum atomic E-state index is 13.9. The molecule has 0 saturated carbocycles. The number of allylic oxidation sites excluding steroid dienone is 3. The van der Waals surface area contributed by atoms with Gasteiger partial charge in [0.15, 0.2) is 21.3 Å². The lowest BCUT2D eigenvalue weighted by Crippen LogP contribution is -2.54. The van der Waals surface area contributed by atoms with Gasteiger partial charge in [-0.25, -0.2) is 4.39 Å². The van der Waals surface area contributed by atoms with Crippen LogP contribution in [0.15, 0.2) is 42.5 Å². The van der Waals surface area contributed by atoms with E-state index in [1.54, 1.807) is 6.08 Å². The quantitative estimate of drug-likeness (QED) is 0.434. The largest absolute Gasteiger partial charge is 0.505 e. The minimum atomic E-state index is -1.83. The fourth-order valence-electron chi connectivity index (χ4n) is 3.46. The van der Waals surface area contributed by atoms with Gasteiger partial charge in [0.25, 0.3) is 11.8 Å². The van der Waals surface area contributed by atoms with Crippen molar-refractivity contribution in [3.05, 3.63) is 53.9 Å². The molecule has 3 rings (SSSR count). The maximum absolute atomic E-state index is 13.9. The standard InChI is InChI=1S/C17H13BrCl2FNO3/c1-2-9-5-6-16(19)14(24)22(8-18)15(25)17(16,20)13(9)10-3-4-12(23)11(21)7-10/h2-5,7,13,23H,1,6,8H2. The van der Waals surface area contributed by atoms with Gasteiger partial charge in [0.2, 0.25) is 0 Å². The summed E-state index contributed by atoms with van der Waals surface area (Å²) < 4.78 is 13.9.